The lowest BCUT2D eigenvalue weighted by molar-refractivity contribution is -0.145. The Morgan fingerprint density at radius 3 is 2.76 bits per heavy atom. The van der Waals surface area contributed by atoms with Crippen molar-refractivity contribution in [2.24, 2.45) is 0 Å². The molecule has 0 aliphatic carbocycles. The minimum absolute atomic E-state index is 0.0121. The van der Waals surface area contributed by atoms with E-state index in [-0.39, 0.29) is 29.7 Å². The largest absolute Gasteiger partial charge is 0.420 e. The van der Waals surface area contributed by atoms with Crippen LogP contribution in [0, 0.1) is 0 Å². The Morgan fingerprint density at radius 1 is 1.22 bits per heavy atom. The van der Waals surface area contributed by atoms with Crippen molar-refractivity contribution in [3.8, 4) is 11.8 Å². The fraction of sp³-hybridized carbons (Fsp3) is 0.273. The molecule has 1 aliphatic heterocycles. The van der Waals surface area contributed by atoms with Gasteiger partial charge in [0.25, 0.3) is 5.91 Å². The number of nitrogens with zero attached hydrogens (tertiary/aromatic N) is 3. The van der Waals surface area contributed by atoms with E-state index in [1.165, 1.54) is 17.5 Å². The molecular weight excluding hydrogens is 509 g/mol. The molecule has 1 aliphatic rings. The van der Waals surface area contributed by atoms with E-state index in [4.69, 9.17) is 21.1 Å². The number of carbonyl (C=O) groups is 1. The maximum atomic E-state index is 12.7. The molecule has 2 atom stereocenters. The predicted octanol–water partition coefficient (Wildman–Crippen LogP) is -0.00220. The number of benzene rings is 1. The highest BCUT2D eigenvalue weighted by Gasteiger charge is 2.36. The van der Waals surface area contributed by atoms with Crippen LogP contribution >= 0.6 is 22.9 Å². The number of fused-ring (bicyclic) bond motifs is 5. The lowest BCUT2D eigenvalue weighted by atomic mass is 9.35. The Balaban J connectivity index is 1.48. The smallest absolute Gasteiger partial charge is 0.263 e. The van der Waals surface area contributed by atoms with Gasteiger partial charge in [-0.1, -0.05) is 5.11 Å². The Morgan fingerprint density at radius 2 is 2.00 bits per heavy atom. The van der Waals surface area contributed by atoms with Crippen molar-refractivity contribution in [1.82, 2.24) is 20.3 Å². The third-order valence-corrected chi connectivity index (χ3v) is 7.90. The van der Waals surface area contributed by atoms with Crippen molar-refractivity contribution in [2.45, 2.75) is 30.4 Å². The van der Waals surface area contributed by atoms with Gasteiger partial charge in [-0.15, -0.1) is 11.3 Å². The highest BCUT2D eigenvalue weighted by atomic mass is 35.5. The first-order valence-electron chi connectivity index (χ1n) is 11.9. The van der Waals surface area contributed by atoms with Gasteiger partial charge in [0, 0.05) is 40.3 Å². The van der Waals surface area contributed by atoms with Gasteiger partial charge in [0.1, 0.15) is 10.6 Å². The lowest BCUT2D eigenvalue weighted by Gasteiger charge is -2.37. The SMILES string of the molecule is BC(B)(B)C(B)(O)OCc1cnc(Cl)nc1Oc1ccc2c(ccc3sc4c(c32)NC[C@@H](C)NC4=O)n1. The molecule has 3 aromatic heterocycles. The van der Waals surface area contributed by atoms with Crippen LogP contribution in [0.4, 0.5) is 5.69 Å². The van der Waals surface area contributed by atoms with E-state index >= 15 is 0 Å². The first-order chi connectivity index (χ1) is 17.4. The molecule has 0 fully saturated rings. The van der Waals surface area contributed by atoms with Crippen LogP contribution in [0.15, 0.2) is 30.5 Å². The normalized spacial score (nSPS) is 17.5. The maximum absolute atomic E-state index is 12.7. The minimum atomic E-state index is -1.39. The number of ether oxygens (including phenoxy) is 2. The van der Waals surface area contributed by atoms with Crippen molar-refractivity contribution in [3.63, 3.8) is 0 Å². The summed E-state index contributed by atoms with van der Waals surface area (Å²) >= 11 is 7.50. The molecule has 1 amide bonds. The van der Waals surface area contributed by atoms with Gasteiger partial charge in [-0.05, 0) is 36.7 Å². The van der Waals surface area contributed by atoms with Gasteiger partial charge in [0.05, 0.1) is 46.9 Å². The Hall–Kier alpha value is -2.79. The number of aliphatic hydroxyl groups is 1. The molecule has 186 valence electrons. The average molecular weight is 533 g/mol. The molecule has 0 saturated carbocycles. The van der Waals surface area contributed by atoms with E-state index in [1.54, 1.807) is 13.9 Å². The number of thiophene rings is 1. The van der Waals surface area contributed by atoms with Crippen molar-refractivity contribution < 1.29 is 19.4 Å². The Labute approximate surface area is 226 Å². The number of rotatable bonds is 6. The second-order valence-electron chi connectivity index (χ2n) is 10.3. The summed E-state index contributed by atoms with van der Waals surface area (Å²) in [5, 5.41) is 18.5. The van der Waals surface area contributed by atoms with Crippen LogP contribution in [0.2, 0.25) is 10.4 Å². The number of carbonyl (C=O) groups excluding carboxylic acids is 1. The fourth-order valence-corrected chi connectivity index (χ4v) is 5.08. The molecule has 0 spiro atoms. The van der Waals surface area contributed by atoms with Crippen LogP contribution in [0.25, 0.3) is 21.0 Å². The van der Waals surface area contributed by atoms with E-state index in [0.717, 1.165) is 21.2 Å². The van der Waals surface area contributed by atoms with Gasteiger partial charge in [-0.3, -0.25) is 4.79 Å². The fourth-order valence-electron chi connectivity index (χ4n) is 3.86. The third kappa shape index (κ3) is 5.03. The van der Waals surface area contributed by atoms with Crippen LogP contribution in [-0.4, -0.2) is 75.6 Å². The van der Waals surface area contributed by atoms with Crippen molar-refractivity contribution in [1.29, 1.82) is 0 Å². The summed E-state index contributed by atoms with van der Waals surface area (Å²) in [6.45, 7) is 2.62. The summed E-state index contributed by atoms with van der Waals surface area (Å²) in [6.07, 6.45) is 1.51. The number of nitrogens with one attached hydrogen (secondary N) is 2. The number of pyridine rings is 1. The number of halogens is 1. The van der Waals surface area contributed by atoms with Crippen LogP contribution < -0.4 is 15.4 Å². The monoisotopic (exact) mass is 533 g/mol. The topological polar surface area (TPSA) is 118 Å². The molecule has 0 bridgehead atoms. The molecule has 4 heterocycles. The Kier molecular flexibility index (Phi) is 6.64. The third-order valence-electron chi connectivity index (χ3n) is 6.56. The van der Waals surface area contributed by atoms with E-state index < -0.39 is 10.8 Å². The van der Waals surface area contributed by atoms with Gasteiger partial charge in [-0.25, -0.2) is 9.97 Å². The van der Waals surface area contributed by atoms with Crippen molar-refractivity contribution in [3.05, 3.63) is 46.2 Å². The Bertz CT molecular complexity index is 1530. The molecule has 3 N–H and O–H groups in total. The standard InChI is InChI=1S/C22H24B4ClN5O4S/c1-9-6-28-16-15-11-2-5-14(31-12(11)3-4-13(15)37-17(16)18(33)30-9)36-19-10(7-29-20(27)32-19)8-35-22(26,34)21(23,24)25/h2-5,7,9,28,34H,6,8,23-26H2,1H3,(H,30,33)/t9-,22?/m1/s1. The van der Waals surface area contributed by atoms with Gasteiger partial charge >= 0.3 is 0 Å². The second kappa shape index (κ2) is 9.50. The summed E-state index contributed by atoms with van der Waals surface area (Å²) < 4.78 is 12.8. The molecule has 9 nitrogen and oxygen atoms in total. The molecule has 4 aromatic rings. The molecule has 0 radical (unpaired) electrons. The number of aromatic nitrogens is 3. The summed E-state index contributed by atoms with van der Waals surface area (Å²) in [6, 6.07) is 7.56. The summed E-state index contributed by atoms with van der Waals surface area (Å²) in [5.74, 6) is 0.427. The van der Waals surface area contributed by atoms with Gasteiger partial charge < -0.3 is 25.2 Å². The van der Waals surface area contributed by atoms with Crippen LogP contribution in [0.1, 0.15) is 22.2 Å². The highest BCUT2D eigenvalue weighted by molar-refractivity contribution is 7.21. The predicted molar refractivity (Wildman–Crippen MR) is 156 cm³/mol. The summed E-state index contributed by atoms with van der Waals surface area (Å²) in [5.41, 5.74) is 0.658. The van der Waals surface area contributed by atoms with E-state index in [1.807, 2.05) is 48.7 Å². The quantitative estimate of drug-likeness (QED) is 0.180. The van der Waals surface area contributed by atoms with Gasteiger partial charge in [0.2, 0.25) is 17.0 Å². The van der Waals surface area contributed by atoms with Crippen molar-refractivity contribution >= 4 is 86.9 Å². The molecule has 1 aromatic carbocycles. The van der Waals surface area contributed by atoms with Crippen molar-refractivity contribution in [2.75, 3.05) is 11.9 Å². The van der Waals surface area contributed by atoms with E-state index in [9.17, 15) is 9.90 Å². The maximum Gasteiger partial charge on any atom is 0.263 e. The van der Waals surface area contributed by atoms with Gasteiger partial charge in [0.15, 0.2) is 7.85 Å². The second-order valence-corrected chi connectivity index (χ2v) is 11.7. The van der Waals surface area contributed by atoms with Gasteiger partial charge in [-0.2, -0.15) is 4.98 Å². The molecule has 5 rings (SSSR count). The molecule has 37 heavy (non-hydrogen) atoms. The number of hydrogen-bond donors (Lipinski definition) is 3. The molecule has 1 unspecified atom stereocenters. The molecular formula is C22H24B4ClN5O4S. The molecule has 0 saturated heterocycles. The number of anilines is 1. The summed E-state index contributed by atoms with van der Waals surface area (Å²) in [7, 11) is 7.26. The van der Waals surface area contributed by atoms with Crippen LogP contribution in [0.3, 0.4) is 0 Å². The minimum Gasteiger partial charge on any atom is -0.420 e. The van der Waals surface area contributed by atoms with E-state index in [2.05, 4.69) is 25.6 Å². The zero-order valence-electron chi connectivity index (χ0n) is 21.2. The van der Waals surface area contributed by atoms with Crippen LogP contribution in [-0.2, 0) is 11.3 Å². The zero-order chi connectivity index (χ0) is 26.5. The highest BCUT2D eigenvalue weighted by Crippen LogP contribution is 2.41. The average Bonchev–Trinajstić information content (AvgIpc) is 3.14. The number of amides is 1. The zero-order valence-corrected chi connectivity index (χ0v) is 22.8. The first kappa shape index (κ1) is 25.8. The molecule has 15 heteroatoms. The first-order valence-corrected chi connectivity index (χ1v) is 13.1. The van der Waals surface area contributed by atoms with E-state index in [0.29, 0.717) is 28.4 Å². The summed E-state index contributed by atoms with van der Waals surface area (Å²) in [4.78, 5) is 26.3. The lowest BCUT2D eigenvalue weighted by Crippen LogP contribution is -2.47. The number of hydrogen-bond acceptors (Lipinski definition) is 9. The van der Waals surface area contributed by atoms with Crippen LogP contribution in [0.5, 0.6) is 11.8 Å².